The van der Waals surface area contributed by atoms with E-state index < -0.39 is 0 Å². The number of pyridine rings is 2. The number of hydrazine groups is 1. The van der Waals surface area contributed by atoms with Gasteiger partial charge < -0.3 is 9.88 Å². The Morgan fingerprint density at radius 1 is 1.26 bits per heavy atom. The molecule has 0 radical (unpaired) electrons. The van der Waals surface area contributed by atoms with E-state index in [0.29, 0.717) is 5.56 Å². The highest BCUT2D eigenvalue weighted by Crippen LogP contribution is 2.26. The molecular weight excluding hydrogens is 294 g/mol. The Bertz CT molecular complexity index is 759. The van der Waals surface area contributed by atoms with Gasteiger partial charge in [-0.25, -0.2) is 10.9 Å². The van der Waals surface area contributed by atoms with Gasteiger partial charge in [0, 0.05) is 43.2 Å². The number of carbonyl (C=O) groups excluding carboxylic acids is 1. The summed E-state index contributed by atoms with van der Waals surface area (Å²) < 4.78 is 1.42. The van der Waals surface area contributed by atoms with Crippen molar-refractivity contribution in [3.8, 4) is 0 Å². The van der Waals surface area contributed by atoms with Crippen molar-refractivity contribution in [2.45, 2.75) is 19.1 Å². The molecule has 7 heteroatoms. The molecule has 0 spiro atoms. The van der Waals surface area contributed by atoms with Crippen LogP contribution in [0.5, 0.6) is 0 Å². The minimum absolute atomic E-state index is 0.0759. The van der Waals surface area contributed by atoms with Gasteiger partial charge in [-0.15, -0.1) is 0 Å². The van der Waals surface area contributed by atoms with E-state index in [0.717, 1.165) is 5.56 Å². The van der Waals surface area contributed by atoms with Crippen molar-refractivity contribution in [3.63, 3.8) is 0 Å². The maximum Gasteiger partial charge on any atom is 0.252 e. The van der Waals surface area contributed by atoms with Crippen LogP contribution in [0, 0.1) is 5.92 Å². The summed E-state index contributed by atoms with van der Waals surface area (Å²) >= 11 is 0. The largest absolute Gasteiger partial charge is 0.335 e. The fourth-order valence-corrected chi connectivity index (χ4v) is 2.67. The lowest BCUT2D eigenvalue weighted by Crippen LogP contribution is -2.46. The van der Waals surface area contributed by atoms with E-state index in [-0.39, 0.29) is 29.6 Å². The van der Waals surface area contributed by atoms with Crippen molar-refractivity contribution >= 4 is 5.91 Å². The van der Waals surface area contributed by atoms with E-state index >= 15 is 0 Å². The summed E-state index contributed by atoms with van der Waals surface area (Å²) in [7, 11) is 1.65. The minimum atomic E-state index is -0.274. The molecule has 1 fully saturated rings. The molecule has 2 aromatic heterocycles. The van der Waals surface area contributed by atoms with Crippen LogP contribution in [0.4, 0.5) is 0 Å². The Morgan fingerprint density at radius 2 is 2.00 bits per heavy atom. The van der Waals surface area contributed by atoms with Crippen molar-refractivity contribution in [1.29, 1.82) is 0 Å². The average Bonchev–Trinajstić information content (AvgIpc) is 2.92. The van der Waals surface area contributed by atoms with Crippen LogP contribution in [0.1, 0.15) is 28.9 Å². The number of hydrogen-bond donors (Lipinski definition) is 3. The predicted molar refractivity (Wildman–Crippen MR) is 85.4 cm³/mol. The third kappa shape index (κ3) is 3.15. The first kappa shape index (κ1) is 15.4. The molecule has 1 aliphatic heterocycles. The van der Waals surface area contributed by atoms with E-state index in [1.807, 2.05) is 19.1 Å². The molecule has 0 aromatic carbocycles. The van der Waals surface area contributed by atoms with Crippen LogP contribution in [0.25, 0.3) is 0 Å². The zero-order valence-corrected chi connectivity index (χ0v) is 13.0. The third-order valence-corrected chi connectivity index (χ3v) is 4.16. The lowest BCUT2D eigenvalue weighted by atomic mass is 9.95. The number of nitrogens with one attached hydrogen (secondary N) is 3. The van der Waals surface area contributed by atoms with Gasteiger partial charge in [-0.3, -0.25) is 14.6 Å². The van der Waals surface area contributed by atoms with Crippen LogP contribution in [0.15, 0.2) is 47.7 Å². The first-order valence-corrected chi connectivity index (χ1v) is 7.45. The molecule has 1 amide bonds. The van der Waals surface area contributed by atoms with Crippen molar-refractivity contribution in [2.24, 2.45) is 13.0 Å². The molecule has 0 aliphatic carbocycles. The monoisotopic (exact) mass is 313 g/mol. The number of rotatable bonds is 3. The normalized spacial score (nSPS) is 23.7. The Hall–Kier alpha value is -2.51. The molecule has 3 rings (SSSR count). The van der Waals surface area contributed by atoms with Crippen LogP contribution in [-0.2, 0) is 7.05 Å². The van der Waals surface area contributed by atoms with E-state index in [1.165, 1.54) is 10.6 Å². The summed E-state index contributed by atoms with van der Waals surface area (Å²) in [6.45, 7) is 2.05. The molecule has 0 bridgehead atoms. The molecule has 3 unspecified atom stereocenters. The number of carbonyl (C=O) groups is 1. The van der Waals surface area contributed by atoms with Crippen molar-refractivity contribution in [1.82, 2.24) is 25.7 Å². The van der Waals surface area contributed by atoms with Crippen LogP contribution < -0.4 is 21.7 Å². The number of hydrogen-bond acceptors (Lipinski definition) is 5. The van der Waals surface area contributed by atoms with Gasteiger partial charge in [0.25, 0.3) is 11.5 Å². The van der Waals surface area contributed by atoms with Gasteiger partial charge in [-0.2, -0.15) is 0 Å². The van der Waals surface area contributed by atoms with E-state index in [9.17, 15) is 9.59 Å². The number of amides is 1. The van der Waals surface area contributed by atoms with E-state index in [2.05, 4.69) is 21.2 Å². The molecule has 2 aromatic rings. The second-order valence-electron chi connectivity index (χ2n) is 5.72. The molecule has 23 heavy (non-hydrogen) atoms. The van der Waals surface area contributed by atoms with Crippen molar-refractivity contribution in [3.05, 3.63) is 64.3 Å². The first-order valence-electron chi connectivity index (χ1n) is 7.45. The quantitative estimate of drug-likeness (QED) is 0.759. The third-order valence-electron chi connectivity index (χ3n) is 4.16. The van der Waals surface area contributed by atoms with Gasteiger partial charge in [-0.05, 0) is 23.8 Å². The van der Waals surface area contributed by atoms with Gasteiger partial charge in [0.2, 0.25) is 0 Å². The highest BCUT2D eigenvalue weighted by molar-refractivity contribution is 5.94. The molecule has 3 atom stereocenters. The van der Waals surface area contributed by atoms with Crippen LogP contribution in [-0.4, -0.2) is 21.6 Å². The van der Waals surface area contributed by atoms with Gasteiger partial charge >= 0.3 is 0 Å². The Labute approximate surface area is 133 Å². The predicted octanol–water partition coefficient (Wildman–Crippen LogP) is 0.321. The van der Waals surface area contributed by atoms with E-state index in [1.54, 1.807) is 31.7 Å². The zero-order valence-electron chi connectivity index (χ0n) is 13.0. The molecule has 3 N–H and O–H groups in total. The molecule has 7 nitrogen and oxygen atoms in total. The highest BCUT2D eigenvalue weighted by atomic mass is 16.2. The Balaban J connectivity index is 1.70. The molecule has 1 aliphatic rings. The summed E-state index contributed by atoms with van der Waals surface area (Å²) in [5, 5.41) is 2.92. The molecule has 3 heterocycles. The molecule has 0 saturated carbocycles. The Morgan fingerprint density at radius 3 is 2.70 bits per heavy atom. The fraction of sp³-hybridized carbons (Fsp3) is 0.312. The highest BCUT2D eigenvalue weighted by Gasteiger charge is 2.34. The first-order chi connectivity index (χ1) is 11.1. The van der Waals surface area contributed by atoms with Crippen molar-refractivity contribution < 1.29 is 4.79 Å². The molecular formula is C16H19N5O2. The summed E-state index contributed by atoms with van der Waals surface area (Å²) in [4.78, 5) is 28.0. The lowest BCUT2D eigenvalue weighted by Gasteiger charge is -2.19. The fourth-order valence-electron chi connectivity index (χ4n) is 2.67. The smallest absolute Gasteiger partial charge is 0.252 e. The van der Waals surface area contributed by atoms with E-state index in [4.69, 9.17) is 0 Å². The zero-order chi connectivity index (χ0) is 16.4. The average molecular weight is 313 g/mol. The topological polar surface area (TPSA) is 88.0 Å². The number of nitrogens with zero attached hydrogens (tertiary/aromatic N) is 2. The SMILES string of the molecule is CC1C(NC(=O)c2ccn(C)c(=O)c2)NNC1c1ccncc1. The molecule has 1 saturated heterocycles. The second-order valence-corrected chi connectivity index (χ2v) is 5.72. The summed E-state index contributed by atoms with van der Waals surface area (Å²) in [6.07, 6.45) is 4.84. The van der Waals surface area contributed by atoms with Crippen LogP contribution >= 0.6 is 0 Å². The summed E-state index contributed by atoms with van der Waals surface area (Å²) in [5.41, 5.74) is 7.54. The summed E-state index contributed by atoms with van der Waals surface area (Å²) in [6, 6.07) is 6.93. The maximum absolute atomic E-state index is 12.3. The minimum Gasteiger partial charge on any atom is -0.335 e. The number of aromatic nitrogens is 2. The van der Waals surface area contributed by atoms with Crippen LogP contribution in [0.2, 0.25) is 0 Å². The summed E-state index contributed by atoms with van der Waals surface area (Å²) in [5.74, 6) is -0.142. The van der Waals surface area contributed by atoms with Gasteiger partial charge in [0.05, 0.1) is 12.2 Å². The molecule has 120 valence electrons. The maximum atomic E-state index is 12.3. The van der Waals surface area contributed by atoms with Gasteiger partial charge in [0.1, 0.15) is 0 Å². The second kappa shape index (κ2) is 6.31. The lowest BCUT2D eigenvalue weighted by molar-refractivity contribution is 0.0922. The van der Waals surface area contributed by atoms with Crippen molar-refractivity contribution in [2.75, 3.05) is 0 Å². The standard InChI is InChI=1S/C16H19N5O2/c1-10-14(11-3-6-17-7-4-11)19-20-15(10)18-16(23)12-5-8-21(2)13(22)9-12/h3-10,14-15,19-20H,1-2H3,(H,18,23). The van der Waals surface area contributed by atoms with Crippen LogP contribution in [0.3, 0.4) is 0 Å². The number of aryl methyl sites for hydroxylation is 1. The van der Waals surface area contributed by atoms with Gasteiger partial charge in [0.15, 0.2) is 0 Å². The van der Waals surface area contributed by atoms with Gasteiger partial charge in [-0.1, -0.05) is 6.92 Å². The Kier molecular flexibility index (Phi) is 4.22.